The molecular weight excluding hydrogens is 322 g/mol. The second kappa shape index (κ2) is 9.46. The van der Waals surface area contributed by atoms with Gasteiger partial charge in [0.15, 0.2) is 5.82 Å². The van der Waals surface area contributed by atoms with Crippen molar-refractivity contribution in [1.29, 1.82) is 0 Å². The van der Waals surface area contributed by atoms with Crippen molar-refractivity contribution >= 4 is 17.6 Å². The Bertz CT molecular complexity index is 685. The highest BCUT2D eigenvalue weighted by Gasteiger charge is 2.19. The summed E-state index contributed by atoms with van der Waals surface area (Å²) in [6, 6.07) is 8.46. The summed E-state index contributed by atoms with van der Waals surface area (Å²) >= 11 is 0. The lowest BCUT2D eigenvalue weighted by Gasteiger charge is -2.22. The second-order valence-corrected chi connectivity index (χ2v) is 5.60. The van der Waals surface area contributed by atoms with Gasteiger partial charge in [0.2, 0.25) is 5.91 Å². The third-order valence-electron chi connectivity index (χ3n) is 3.68. The predicted octanol–water partition coefficient (Wildman–Crippen LogP) is 2.95. The van der Waals surface area contributed by atoms with Gasteiger partial charge in [-0.25, -0.2) is 0 Å². The lowest BCUT2D eigenvalue weighted by molar-refractivity contribution is -0.117. The van der Waals surface area contributed by atoms with Crippen LogP contribution in [0.15, 0.2) is 41.1 Å². The Morgan fingerprint density at radius 1 is 1.28 bits per heavy atom. The van der Waals surface area contributed by atoms with Crippen LogP contribution >= 0.6 is 0 Å². The number of carbonyl (C=O) groups is 2. The molecular formula is C18H23N3O4. The molecule has 0 fully saturated rings. The van der Waals surface area contributed by atoms with Crippen LogP contribution in [0.3, 0.4) is 0 Å². The SMILES string of the molecule is CCCCCN(CC(=O)Nc1ccon1)C(=O)c1cccc(OC)c1. The molecule has 1 aromatic heterocycles. The first kappa shape index (κ1) is 18.5. The van der Waals surface area contributed by atoms with Crippen molar-refractivity contribution in [2.45, 2.75) is 26.2 Å². The van der Waals surface area contributed by atoms with E-state index >= 15 is 0 Å². The van der Waals surface area contributed by atoms with E-state index in [9.17, 15) is 9.59 Å². The largest absolute Gasteiger partial charge is 0.497 e. The molecule has 0 bridgehead atoms. The first-order valence-corrected chi connectivity index (χ1v) is 8.27. The van der Waals surface area contributed by atoms with E-state index in [1.807, 2.05) is 0 Å². The van der Waals surface area contributed by atoms with E-state index in [2.05, 4.69) is 21.9 Å². The molecule has 0 saturated heterocycles. The lowest BCUT2D eigenvalue weighted by Crippen LogP contribution is -2.38. The number of ether oxygens (including phenoxy) is 1. The van der Waals surface area contributed by atoms with Crippen LogP contribution < -0.4 is 10.1 Å². The Hall–Kier alpha value is -2.83. The summed E-state index contributed by atoms with van der Waals surface area (Å²) in [5.41, 5.74) is 0.491. The van der Waals surface area contributed by atoms with Crippen LogP contribution in [0.4, 0.5) is 5.82 Å². The average Bonchev–Trinajstić information content (AvgIpc) is 3.13. The standard InChI is InChI=1S/C18H23N3O4/c1-3-4-5-10-21(13-17(22)19-16-9-11-25-20-16)18(23)14-7-6-8-15(12-14)24-2/h6-9,11-12H,3-5,10,13H2,1-2H3,(H,19,20,22). The smallest absolute Gasteiger partial charge is 0.254 e. The quantitative estimate of drug-likeness (QED) is 0.706. The zero-order valence-corrected chi connectivity index (χ0v) is 14.5. The van der Waals surface area contributed by atoms with Crippen molar-refractivity contribution in [3.05, 3.63) is 42.2 Å². The number of hydrogen-bond acceptors (Lipinski definition) is 5. The van der Waals surface area contributed by atoms with Gasteiger partial charge in [-0.05, 0) is 24.6 Å². The van der Waals surface area contributed by atoms with Gasteiger partial charge in [0, 0.05) is 18.2 Å². The van der Waals surface area contributed by atoms with E-state index in [0.717, 1.165) is 19.3 Å². The number of carbonyl (C=O) groups excluding carboxylic acids is 2. The van der Waals surface area contributed by atoms with Crippen LogP contribution in [0.25, 0.3) is 0 Å². The first-order valence-electron chi connectivity index (χ1n) is 8.27. The van der Waals surface area contributed by atoms with E-state index in [1.54, 1.807) is 42.3 Å². The highest BCUT2D eigenvalue weighted by molar-refractivity contribution is 5.99. The minimum Gasteiger partial charge on any atom is -0.497 e. The first-order chi connectivity index (χ1) is 12.1. The van der Waals surface area contributed by atoms with E-state index in [0.29, 0.717) is 23.7 Å². The molecule has 25 heavy (non-hydrogen) atoms. The van der Waals surface area contributed by atoms with Gasteiger partial charge in [-0.3, -0.25) is 9.59 Å². The van der Waals surface area contributed by atoms with E-state index < -0.39 is 0 Å². The molecule has 2 amide bonds. The van der Waals surface area contributed by atoms with Crippen LogP contribution in [-0.2, 0) is 4.79 Å². The molecule has 7 nitrogen and oxygen atoms in total. The number of unbranched alkanes of at least 4 members (excludes halogenated alkanes) is 2. The molecule has 0 aliphatic carbocycles. The maximum atomic E-state index is 12.8. The molecule has 0 saturated carbocycles. The number of methoxy groups -OCH3 is 1. The fourth-order valence-electron chi connectivity index (χ4n) is 2.38. The highest BCUT2D eigenvalue weighted by Crippen LogP contribution is 2.15. The molecule has 0 spiro atoms. The molecule has 2 rings (SSSR count). The fraction of sp³-hybridized carbons (Fsp3) is 0.389. The third kappa shape index (κ3) is 5.63. The van der Waals surface area contributed by atoms with Crippen molar-refractivity contribution in [2.75, 3.05) is 25.5 Å². The maximum Gasteiger partial charge on any atom is 0.254 e. The summed E-state index contributed by atoms with van der Waals surface area (Å²) < 4.78 is 9.85. The lowest BCUT2D eigenvalue weighted by atomic mass is 10.1. The van der Waals surface area contributed by atoms with Crippen molar-refractivity contribution in [3.63, 3.8) is 0 Å². The molecule has 7 heteroatoms. The van der Waals surface area contributed by atoms with Gasteiger partial charge < -0.3 is 19.5 Å². The molecule has 2 aromatic rings. The monoisotopic (exact) mass is 345 g/mol. The number of rotatable bonds is 9. The van der Waals surface area contributed by atoms with E-state index in [1.165, 1.54) is 6.26 Å². The van der Waals surface area contributed by atoms with Crippen LogP contribution in [0.5, 0.6) is 5.75 Å². The minimum absolute atomic E-state index is 0.0490. The number of nitrogens with zero attached hydrogens (tertiary/aromatic N) is 2. The molecule has 0 aliphatic rings. The Morgan fingerprint density at radius 2 is 2.12 bits per heavy atom. The molecule has 1 N–H and O–H groups in total. The summed E-state index contributed by atoms with van der Waals surface area (Å²) in [7, 11) is 1.55. The molecule has 0 radical (unpaired) electrons. The Labute approximate surface area is 146 Å². The summed E-state index contributed by atoms with van der Waals surface area (Å²) in [5, 5.41) is 6.25. The normalized spacial score (nSPS) is 10.3. The molecule has 0 atom stereocenters. The van der Waals surface area contributed by atoms with Crippen LogP contribution in [0.1, 0.15) is 36.5 Å². The van der Waals surface area contributed by atoms with Crippen LogP contribution in [0, 0.1) is 0 Å². The van der Waals surface area contributed by atoms with Gasteiger partial charge in [0.05, 0.1) is 7.11 Å². The Balaban J connectivity index is 2.07. The van der Waals surface area contributed by atoms with Gasteiger partial charge >= 0.3 is 0 Å². The number of benzene rings is 1. The topological polar surface area (TPSA) is 84.7 Å². The summed E-state index contributed by atoms with van der Waals surface area (Å²) in [5.74, 6) is 0.408. The minimum atomic E-state index is -0.318. The van der Waals surface area contributed by atoms with Gasteiger partial charge in [0.1, 0.15) is 18.6 Å². The number of hydrogen-bond donors (Lipinski definition) is 1. The fourth-order valence-corrected chi connectivity index (χ4v) is 2.38. The van der Waals surface area contributed by atoms with Crippen molar-refractivity contribution < 1.29 is 18.8 Å². The molecule has 134 valence electrons. The van der Waals surface area contributed by atoms with Gasteiger partial charge in [-0.1, -0.05) is 31.0 Å². The van der Waals surface area contributed by atoms with Crippen molar-refractivity contribution in [1.82, 2.24) is 10.1 Å². The highest BCUT2D eigenvalue weighted by atomic mass is 16.5. The second-order valence-electron chi connectivity index (χ2n) is 5.60. The summed E-state index contributed by atoms with van der Waals surface area (Å²) in [4.78, 5) is 26.5. The van der Waals surface area contributed by atoms with Gasteiger partial charge in [-0.15, -0.1) is 0 Å². The predicted molar refractivity (Wildman–Crippen MR) is 93.6 cm³/mol. The van der Waals surface area contributed by atoms with Crippen LogP contribution in [0.2, 0.25) is 0 Å². The summed E-state index contributed by atoms with van der Waals surface area (Å²) in [6.07, 6.45) is 4.23. The molecule has 1 aromatic carbocycles. The maximum absolute atomic E-state index is 12.8. The molecule has 0 unspecified atom stereocenters. The number of amides is 2. The van der Waals surface area contributed by atoms with Gasteiger partial charge in [0.25, 0.3) is 5.91 Å². The Kier molecular flexibility index (Phi) is 7.00. The van der Waals surface area contributed by atoms with Crippen molar-refractivity contribution in [2.24, 2.45) is 0 Å². The molecule has 1 heterocycles. The number of aromatic nitrogens is 1. The average molecular weight is 345 g/mol. The molecule has 0 aliphatic heterocycles. The zero-order valence-electron chi connectivity index (χ0n) is 14.5. The number of nitrogens with one attached hydrogen (secondary N) is 1. The Morgan fingerprint density at radius 3 is 2.80 bits per heavy atom. The summed E-state index contributed by atoms with van der Waals surface area (Å²) in [6.45, 7) is 2.55. The zero-order chi connectivity index (χ0) is 18.1. The van der Waals surface area contributed by atoms with Gasteiger partial charge in [-0.2, -0.15) is 0 Å². The third-order valence-corrected chi connectivity index (χ3v) is 3.68. The van der Waals surface area contributed by atoms with E-state index in [4.69, 9.17) is 4.74 Å². The van der Waals surface area contributed by atoms with Crippen molar-refractivity contribution in [3.8, 4) is 5.75 Å². The number of anilines is 1. The van der Waals surface area contributed by atoms with E-state index in [-0.39, 0.29) is 18.4 Å². The van der Waals surface area contributed by atoms with Crippen LogP contribution in [-0.4, -0.2) is 42.1 Å².